The predicted molar refractivity (Wildman–Crippen MR) is 86.7 cm³/mol. The fraction of sp³-hybridized carbons (Fsp3) is 1.00. The molecule has 1 saturated heterocycles. The highest BCUT2D eigenvalue weighted by Gasteiger charge is 2.32. The second-order valence-corrected chi connectivity index (χ2v) is 6.73. The van der Waals surface area contributed by atoms with Gasteiger partial charge >= 0.3 is 0 Å². The molecule has 124 valence electrons. The maximum absolute atomic E-state index is 5.61. The lowest BCUT2D eigenvalue weighted by molar-refractivity contribution is 0.0453. The fourth-order valence-electron chi connectivity index (χ4n) is 3.86. The number of hydrogen-bond donors (Lipinski definition) is 1. The summed E-state index contributed by atoms with van der Waals surface area (Å²) >= 11 is 0. The minimum absolute atomic E-state index is 0.624. The summed E-state index contributed by atoms with van der Waals surface area (Å²) < 4.78 is 10.6. The lowest BCUT2D eigenvalue weighted by Gasteiger charge is -2.44. The number of rotatable bonds is 8. The number of methoxy groups -OCH3 is 1. The summed E-state index contributed by atoms with van der Waals surface area (Å²) in [5, 5.41) is 3.69. The molecule has 0 bridgehead atoms. The number of nitrogens with one attached hydrogen (secondary N) is 1. The Morgan fingerprint density at radius 3 is 2.67 bits per heavy atom. The van der Waals surface area contributed by atoms with E-state index in [0.29, 0.717) is 12.6 Å². The van der Waals surface area contributed by atoms with Gasteiger partial charge in [-0.2, -0.15) is 0 Å². The normalized spacial score (nSPS) is 28.9. The molecule has 1 saturated carbocycles. The number of nitrogens with zero attached hydrogens (tertiary/aromatic N) is 1. The maximum atomic E-state index is 5.61. The molecule has 0 amide bonds. The second kappa shape index (κ2) is 9.78. The van der Waals surface area contributed by atoms with Gasteiger partial charge < -0.3 is 14.8 Å². The Morgan fingerprint density at radius 1 is 1.10 bits per heavy atom. The zero-order valence-corrected chi connectivity index (χ0v) is 14.0. The third kappa shape index (κ3) is 5.85. The summed E-state index contributed by atoms with van der Waals surface area (Å²) in [6, 6.07) is 1.37. The average Bonchev–Trinajstić information content (AvgIpc) is 2.52. The second-order valence-electron chi connectivity index (χ2n) is 6.73. The summed E-state index contributed by atoms with van der Waals surface area (Å²) in [7, 11) is 1.72. The van der Waals surface area contributed by atoms with Gasteiger partial charge in [0.15, 0.2) is 0 Å². The largest absolute Gasteiger partial charge is 0.382 e. The summed E-state index contributed by atoms with van der Waals surface area (Å²) in [6.45, 7) is 8.14. The van der Waals surface area contributed by atoms with E-state index in [2.05, 4.69) is 17.1 Å². The van der Waals surface area contributed by atoms with Gasteiger partial charge in [-0.25, -0.2) is 0 Å². The maximum Gasteiger partial charge on any atom is 0.0700 e. The van der Waals surface area contributed by atoms with Crippen molar-refractivity contribution in [2.75, 3.05) is 46.6 Å². The first-order valence-corrected chi connectivity index (χ1v) is 8.85. The third-order valence-corrected chi connectivity index (χ3v) is 5.01. The van der Waals surface area contributed by atoms with Crippen molar-refractivity contribution in [3.63, 3.8) is 0 Å². The van der Waals surface area contributed by atoms with E-state index >= 15 is 0 Å². The molecule has 0 aromatic carbocycles. The first-order valence-electron chi connectivity index (χ1n) is 8.85. The van der Waals surface area contributed by atoms with Crippen LogP contribution in [0.3, 0.4) is 0 Å². The number of hydrogen-bond acceptors (Lipinski definition) is 4. The van der Waals surface area contributed by atoms with Crippen LogP contribution in [0.2, 0.25) is 0 Å². The SMILES string of the molecule is COCCOCCCN1CC(C)NCC1C1CCCCC1. The van der Waals surface area contributed by atoms with Gasteiger partial charge in [0.05, 0.1) is 13.2 Å². The van der Waals surface area contributed by atoms with Gasteiger partial charge in [0.1, 0.15) is 0 Å². The molecular weight excluding hydrogens is 264 g/mol. The molecule has 1 aliphatic heterocycles. The molecule has 0 aromatic rings. The number of piperazine rings is 1. The van der Waals surface area contributed by atoms with Crippen molar-refractivity contribution in [3.8, 4) is 0 Å². The van der Waals surface area contributed by atoms with Gasteiger partial charge in [0.2, 0.25) is 0 Å². The van der Waals surface area contributed by atoms with Gasteiger partial charge in [-0.3, -0.25) is 4.90 Å². The van der Waals surface area contributed by atoms with Crippen molar-refractivity contribution in [2.24, 2.45) is 5.92 Å². The molecule has 2 unspecified atom stereocenters. The van der Waals surface area contributed by atoms with Crippen LogP contribution in [0.5, 0.6) is 0 Å². The Balaban J connectivity index is 1.72. The molecule has 2 fully saturated rings. The van der Waals surface area contributed by atoms with Crippen molar-refractivity contribution in [3.05, 3.63) is 0 Å². The van der Waals surface area contributed by atoms with Crippen LogP contribution in [-0.2, 0) is 9.47 Å². The zero-order valence-electron chi connectivity index (χ0n) is 14.0. The molecule has 4 nitrogen and oxygen atoms in total. The molecule has 2 rings (SSSR count). The van der Waals surface area contributed by atoms with Crippen LogP contribution in [0.4, 0.5) is 0 Å². The Bertz CT molecular complexity index is 270. The minimum atomic E-state index is 0.624. The van der Waals surface area contributed by atoms with Crippen LogP contribution in [-0.4, -0.2) is 63.5 Å². The molecule has 1 aliphatic carbocycles. The van der Waals surface area contributed by atoms with Gasteiger partial charge in [0.25, 0.3) is 0 Å². The molecule has 1 heterocycles. The van der Waals surface area contributed by atoms with Crippen LogP contribution in [0.25, 0.3) is 0 Å². The predicted octanol–water partition coefficient (Wildman–Crippen LogP) is 2.28. The molecular formula is C17H34N2O2. The Morgan fingerprint density at radius 2 is 1.90 bits per heavy atom. The summed E-state index contributed by atoms with van der Waals surface area (Å²) in [5.41, 5.74) is 0. The van der Waals surface area contributed by atoms with Crippen LogP contribution in [0.1, 0.15) is 45.4 Å². The van der Waals surface area contributed by atoms with E-state index in [-0.39, 0.29) is 0 Å². The van der Waals surface area contributed by atoms with E-state index in [1.165, 1.54) is 51.7 Å². The van der Waals surface area contributed by atoms with E-state index < -0.39 is 0 Å². The van der Waals surface area contributed by atoms with Crippen molar-refractivity contribution in [1.82, 2.24) is 10.2 Å². The molecule has 2 aliphatic rings. The molecule has 0 spiro atoms. The Kier molecular flexibility index (Phi) is 8.01. The molecule has 0 radical (unpaired) electrons. The highest BCUT2D eigenvalue weighted by molar-refractivity contribution is 4.89. The summed E-state index contributed by atoms with van der Waals surface area (Å²) in [5.74, 6) is 0.910. The topological polar surface area (TPSA) is 33.7 Å². The molecule has 21 heavy (non-hydrogen) atoms. The average molecular weight is 298 g/mol. The molecule has 1 N–H and O–H groups in total. The van der Waals surface area contributed by atoms with Crippen molar-refractivity contribution >= 4 is 0 Å². The van der Waals surface area contributed by atoms with Gasteiger partial charge in [-0.05, 0) is 32.1 Å². The van der Waals surface area contributed by atoms with Crippen molar-refractivity contribution < 1.29 is 9.47 Å². The van der Waals surface area contributed by atoms with Gasteiger partial charge in [0, 0.05) is 45.4 Å². The summed E-state index contributed by atoms with van der Waals surface area (Å²) in [4.78, 5) is 2.73. The molecule has 2 atom stereocenters. The van der Waals surface area contributed by atoms with Gasteiger partial charge in [-0.15, -0.1) is 0 Å². The third-order valence-electron chi connectivity index (χ3n) is 5.01. The lowest BCUT2D eigenvalue weighted by Crippen LogP contribution is -2.58. The lowest BCUT2D eigenvalue weighted by atomic mass is 9.82. The first-order chi connectivity index (χ1) is 10.3. The van der Waals surface area contributed by atoms with E-state index in [0.717, 1.165) is 31.6 Å². The van der Waals surface area contributed by atoms with Crippen molar-refractivity contribution in [1.29, 1.82) is 0 Å². The van der Waals surface area contributed by atoms with E-state index in [9.17, 15) is 0 Å². The highest BCUT2D eigenvalue weighted by Crippen LogP contribution is 2.30. The highest BCUT2D eigenvalue weighted by atomic mass is 16.5. The van der Waals surface area contributed by atoms with Crippen molar-refractivity contribution in [2.45, 2.75) is 57.5 Å². The fourth-order valence-corrected chi connectivity index (χ4v) is 3.86. The zero-order chi connectivity index (χ0) is 14.9. The Hall–Kier alpha value is -0.160. The van der Waals surface area contributed by atoms with E-state index in [1.807, 2.05) is 0 Å². The standard InChI is InChI=1S/C17H34N2O2/c1-15-14-19(9-6-10-21-12-11-20-2)17(13-18-15)16-7-4-3-5-8-16/h15-18H,3-14H2,1-2H3. The minimum Gasteiger partial charge on any atom is -0.382 e. The van der Waals surface area contributed by atoms with E-state index in [1.54, 1.807) is 7.11 Å². The number of ether oxygens (including phenoxy) is 2. The molecule has 0 aromatic heterocycles. The quantitative estimate of drug-likeness (QED) is 0.697. The van der Waals surface area contributed by atoms with Crippen LogP contribution < -0.4 is 5.32 Å². The summed E-state index contributed by atoms with van der Waals surface area (Å²) in [6.07, 6.45) is 8.32. The van der Waals surface area contributed by atoms with Crippen LogP contribution in [0, 0.1) is 5.92 Å². The smallest absolute Gasteiger partial charge is 0.0700 e. The van der Waals surface area contributed by atoms with Crippen LogP contribution >= 0.6 is 0 Å². The van der Waals surface area contributed by atoms with Crippen LogP contribution in [0.15, 0.2) is 0 Å². The van der Waals surface area contributed by atoms with E-state index in [4.69, 9.17) is 9.47 Å². The van der Waals surface area contributed by atoms with Gasteiger partial charge in [-0.1, -0.05) is 19.3 Å². The first kappa shape index (κ1) is 17.2. The Labute approximate surface area is 130 Å². The monoisotopic (exact) mass is 298 g/mol. The molecule has 4 heteroatoms.